The van der Waals surface area contributed by atoms with Crippen LogP contribution in [0, 0.1) is 17.2 Å². The van der Waals surface area contributed by atoms with Gasteiger partial charge in [-0.25, -0.2) is 8.42 Å². The van der Waals surface area contributed by atoms with Crippen molar-refractivity contribution in [2.24, 2.45) is 5.92 Å². The van der Waals surface area contributed by atoms with Crippen LogP contribution in [0.25, 0.3) is 0 Å². The molecule has 1 unspecified atom stereocenters. The van der Waals surface area contributed by atoms with Crippen LogP contribution in [0.15, 0.2) is 22.7 Å². The summed E-state index contributed by atoms with van der Waals surface area (Å²) in [5.74, 6) is -0.949. The van der Waals surface area contributed by atoms with E-state index in [1.54, 1.807) is 18.2 Å². The summed E-state index contributed by atoms with van der Waals surface area (Å²) >= 11 is 3.26. The first kappa shape index (κ1) is 14.0. The van der Waals surface area contributed by atoms with E-state index in [2.05, 4.69) is 21.2 Å². The van der Waals surface area contributed by atoms with Crippen molar-refractivity contribution in [3.63, 3.8) is 0 Å². The number of benzene rings is 1. The standard InChI is InChI=1S/C12H11BrN2O3S/c13-10-2-1-8(6-14)11(5-10)15-12(16)9-3-4-19(17,18)7-9/h1-2,5,9H,3-4,7H2,(H,15,16). The van der Waals surface area contributed by atoms with Crippen LogP contribution < -0.4 is 5.32 Å². The molecule has 19 heavy (non-hydrogen) atoms. The Kier molecular flexibility index (Phi) is 3.92. The van der Waals surface area contributed by atoms with Gasteiger partial charge in [0, 0.05) is 4.47 Å². The number of nitrogens with zero attached hydrogens (tertiary/aromatic N) is 1. The Labute approximate surface area is 119 Å². The maximum atomic E-state index is 12.0. The van der Waals surface area contributed by atoms with Crippen LogP contribution in [0.1, 0.15) is 12.0 Å². The molecule has 1 N–H and O–H groups in total. The lowest BCUT2D eigenvalue weighted by atomic mass is 10.1. The molecule has 100 valence electrons. The fourth-order valence-corrected chi connectivity index (χ4v) is 4.06. The highest BCUT2D eigenvalue weighted by Gasteiger charge is 2.33. The highest BCUT2D eigenvalue weighted by molar-refractivity contribution is 9.10. The van der Waals surface area contributed by atoms with Gasteiger partial charge in [-0.1, -0.05) is 15.9 Å². The average molecular weight is 343 g/mol. The lowest BCUT2D eigenvalue weighted by molar-refractivity contribution is -0.119. The van der Waals surface area contributed by atoms with E-state index in [0.29, 0.717) is 17.7 Å². The van der Waals surface area contributed by atoms with E-state index in [0.717, 1.165) is 4.47 Å². The molecule has 0 spiro atoms. The maximum Gasteiger partial charge on any atom is 0.228 e. The van der Waals surface area contributed by atoms with Gasteiger partial charge < -0.3 is 5.32 Å². The molecule has 1 aliphatic heterocycles. The molecular weight excluding hydrogens is 332 g/mol. The maximum absolute atomic E-state index is 12.0. The van der Waals surface area contributed by atoms with Gasteiger partial charge >= 0.3 is 0 Å². The van der Waals surface area contributed by atoms with Crippen LogP contribution in [0.4, 0.5) is 5.69 Å². The van der Waals surface area contributed by atoms with Gasteiger partial charge in [0.15, 0.2) is 9.84 Å². The number of nitriles is 1. The summed E-state index contributed by atoms with van der Waals surface area (Å²) in [4.78, 5) is 12.0. The Hall–Kier alpha value is -1.39. The highest BCUT2D eigenvalue weighted by Crippen LogP contribution is 2.24. The Morgan fingerprint density at radius 2 is 2.21 bits per heavy atom. The van der Waals surface area contributed by atoms with Crippen LogP contribution in [-0.2, 0) is 14.6 Å². The second kappa shape index (κ2) is 5.31. The summed E-state index contributed by atoms with van der Waals surface area (Å²) in [6, 6.07) is 6.90. The summed E-state index contributed by atoms with van der Waals surface area (Å²) in [6.07, 6.45) is 0.337. The minimum atomic E-state index is -3.09. The molecule has 0 bridgehead atoms. The molecule has 7 heteroatoms. The van der Waals surface area contributed by atoms with Gasteiger partial charge in [-0.15, -0.1) is 0 Å². The van der Waals surface area contributed by atoms with Crippen molar-refractivity contribution in [2.75, 3.05) is 16.8 Å². The zero-order valence-electron chi connectivity index (χ0n) is 9.89. The van der Waals surface area contributed by atoms with Crippen molar-refractivity contribution in [1.29, 1.82) is 5.26 Å². The number of nitrogens with one attached hydrogen (secondary N) is 1. The second-order valence-corrected chi connectivity index (χ2v) is 7.54. The molecule has 1 amide bonds. The molecule has 1 aliphatic rings. The quantitative estimate of drug-likeness (QED) is 0.885. The molecule has 2 rings (SSSR count). The SMILES string of the molecule is N#Cc1ccc(Br)cc1NC(=O)C1CCS(=O)(=O)C1. The average Bonchev–Trinajstić information content (AvgIpc) is 2.70. The van der Waals surface area contributed by atoms with E-state index in [-0.39, 0.29) is 17.4 Å². The fourth-order valence-electron chi connectivity index (χ4n) is 1.95. The molecule has 1 aromatic rings. The zero-order valence-corrected chi connectivity index (χ0v) is 12.3. The molecule has 1 fully saturated rings. The van der Waals surface area contributed by atoms with Crippen LogP contribution in [-0.4, -0.2) is 25.8 Å². The van der Waals surface area contributed by atoms with Gasteiger partial charge in [-0.05, 0) is 24.6 Å². The number of hydrogen-bond acceptors (Lipinski definition) is 4. The summed E-state index contributed by atoms with van der Waals surface area (Å²) in [5, 5.41) is 11.6. The predicted octanol–water partition coefficient (Wildman–Crippen LogP) is 1.69. The molecule has 0 aromatic heterocycles. The fraction of sp³-hybridized carbons (Fsp3) is 0.333. The number of carbonyl (C=O) groups excluding carboxylic acids is 1. The van der Waals surface area contributed by atoms with E-state index in [9.17, 15) is 13.2 Å². The molecule has 1 heterocycles. The highest BCUT2D eigenvalue weighted by atomic mass is 79.9. The molecule has 1 aromatic carbocycles. The monoisotopic (exact) mass is 342 g/mol. The van der Waals surface area contributed by atoms with Crippen molar-refractivity contribution >= 4 is 37.4 Å². The first-order valence-electron chi connectivity index (χ1n) is 5.62. The van der Waals surface area contributed by atoms with Crippen molar-refractivity contribution in [2.45, 2.75) is 6.42 Å². The van der Waals surface area contributed by atoms with E-state index in [1.807, 2.05) is 6.07 Å². The second-order valence-electron chi connectivity index (χ2n) is 4.39. The van der Waals surface area contributed by atoms with Crippen LogP contribution in [0.2, 0.25) is 0 Å². The number of sulfone groups is 1. The Morgan fingerprint density at radius 3 is 2.79 bits per heavy atom. The first-order valence-corrected chi connectivity index (χ1v) is 8.23. The number of halogens is 1. The topological polar surface area (TPSA) is 87.0 Å². The summed E-state index contributed by atoms with van der Waals surface area (Å²) in [5.41, 5.74) is 0.739. The van der Waals surface area contributed by atoms with Gasteiger partial charge in [0.05, 0.1) is 28.7 Å². The molecule has 0 radical (unpaired) electrons. The zero-order chi connectivity index (χ0) is 14.0. The van der Waals surface area contributed by atoms with Gasteiger partial charge in [0.25, 0.3) is 0 Å². The van der Waals surface area contributed by atoms with Crippen LogP contribution in [0.3, 0.4) is 0 Å². The molecule has 1 saturated heterocycles. The van der Waals surface area contributed by atoms with Gasteiger partial charge in [0.1, 0.15) is 6.07 Å². The Balaban J connectivity index is 2.16. The van der Waals surface area contributed by atoms with Crippen LogP contribution in [0.5, 0.6) is 0 Å². The minimum Gasteiger partial charge on any atom is -0.325 e. The Morgan fingerprint density at radius 1 is 1.47 bits per heavy atom. The molecular formula is C12H11BrN2O3S. The third-order valence-corrected chi connectivity index (χ3v) is 5.22. The molecule has 5 nitrogen and oxygen atoms in total. The van der Waals surface area contributed by atoms with Gasteiger partial charge in [-0.2, -0.15) is 5.26 Å². The van der Waals surface area contributed by atoms with Gasteiger partial charge in [0.2, 0.25) is 5.91 Å². The molecule has 0 aliphatic carbocycles. The summed E-state index contributed by atoms with van der Waals surface area (Å²) < 4.78 is 23.4. The third-order valence-electron chi connectivity index (χ3n) is 2.96. The normalized spacial score (nSPS) is 20.7. The van der Waals surface area contributed by atoms with E-state index >= 15 is 0 Å². The number of hydrogen-bond donors (Lipinski definition) is 1. The number of carbonyl (C=O) groups is 1. The minimum absolute atomic E-state index is 0.0503. The van der Waals surface area contributed by atoms with Crippen molar-refractivity contribution < 1.29 is 13.2 Å². The molecule has 0 saturated carbocycles. The third kappa shape index (κ3) is 3.33. The van der Waals surface area contributed by atoms with Crippen molar-refractivity contribution in [1.82, 2.24) is 0 Å². The van der Waals surface area contributed by atoms with Crippen LogP contribution >= 0.6 is 15.9 Å². The summed E-state index contributed by atoms with van der Waals surface area (Å²) in [6.45, 7) is 0. The lowest BCUT2D eigenvalue weighted by Gasteiger charge is -2.11. The van der Waals surface area contributed by atoms with E-state index in [4.69, 9.17) is 5.26 Å². The predicted molar refractivity (Wildman–Crippen MR) is 74.2 cm³/mol. The number of rotatable bonds is 2. The molecule has 1 atom stereocenters. The van der Waals surface area contributed by atoms with E-state index in [1.165, 1.54) is 0 Å². The van der Waals surface area contributed by atoms with Crippen molar-refractivity contribution in [3.05, 3.63) is 28.2 Å². The first-order chi connectivity index (χ1) is 8.91. The van der Waals surface area contributed by atoms with Crippen molar-refractivity contribution in [3.8, 4) is 6.07 Å². The largest absolute Gasteiger partial charge is 0.325 e. The van der Waals surface area contributed by atoms with E-state index < -0.39 is 15.8 Å². The smallest absolute Gasteiger partial charge is 0.228 e. The number of amides is 1. The van der Waals surface area contributed by atoms with Gasteiger partial charge in [-0.3, -0.25) is 4.79 Å². The lowest BCUT2D eigenvalue weighted by Crippen LogP contribution is -2.24. The Bertz CT molecular complexity index is 664. The number of anilines is 1. The summed E-state index contributed by atoms with van der Waals surface area (Å²) in [7, 11) is -3.09.